The van der Waals surface area contributed by atoms with E-state index in [1.54, 1.807) is 5.19 Å². The highest BCUT2D eigenvalue weighted by molar-refractivity contribution is 7.04. The van der Waals surface area contributed by atoms with Crippen LogP contribution in [-0.4, -0.2) is 23.3 Å². The van der Waals surface area contributed by atoms with Crippen LogP contribution in [0.2, 0.25) is 30.2 Å². The molecular formula is C27H40OSi2. The lowest BCUT2D eigenvalue weighted by Crippen LogP contribution is -2.61. The van der Waals surface area contributed by atoms with Gasteiger partial charge in [-0.25, -0.2) is 0 Å². The molecule has 1 aliphatic carbocycles. The molecule has 1 nitrogen and oxygen atoms in total. The third kappa shape index (κ3) is 3.54. The van der Waals surface area contributed by atoms with Gasteiger partial charge in [-0.3, -0.25) is 0 Å². The van der Waals surface area contributed by atoms with Crippen molar-refractivity contribution in [1.29, 1.82) is 0 Å². The van der Waals surface area contributed by atoms with Crippen LogP contribution in [-0.2, 0) is 6.42 Å². The van der Waals surface area contributed by atoms with Crippen molar-refractivity contribution in [1.82, 2.24) is 0 Å². The SMILES string of the molecule is CC[Si](CC)(c1cccc2c1C=CC2)c1cc(C)cc([Si](C)(C)C(C)(C)C)c1OC. The van der Waals surface area contributed by atoms with Gasteiger partial charge < -0.3 is 4.74 Å². The van der Waals surface area contributed by atoms with Crippen LogP contribution in [0.1, 0.15) is 51.3 Å². The molecule has 2 aromatic rings. The van der Waals surface area contributed by atoms with Gasteiger partial charge in [0.2, 0.25) is 0 Å². The fraction of sp³-hybridized carbons (Fsp3) is 0.481. The molecule has 0 bridgehead atoms. The summed E-state index contributed by atoms with van der Waals surface area (Å²) in [4.78, 5) is 0. The number of methoxy groups -OCH3 is 1. The Balaban J connectivity index is 2.38. The lowest BCUT2D eigenvalue weighted by molar-refractivity contribution is 0.420. The number of rotatable bonds is 6. The Morgan fingerprint density at radius 1 is 0.967 bits per heavy atom. The quantitative estimate of drug-likeness (QED) is 0.513. The average molecular weight is 437 g/mol. The summed E-state index contributed by atoms with van der Waals surface area (Å²) in [6.45, 7) is 19.3. The summed E-state index contributed by atoms with van der Waals surface area (Å²) in [6, 6.07) is 14.3. The minimum absolute atomic E-state index is 0.269. The van der Waals surface area contributed by atoms with Crippen LogP contribution in [0.25, 0.3) is 6.08 Å². The number of fused-ring (bicyclic) bond motifs is 1. The highest BCUT2D eigenvalue weighted by Crippen LogP contribution is 2.38. The molecule has 0 atom stereocenters. The normalized spacial score (nSPS) is 14.2. The van der Waals surface area contributed by atoms with Crippen molar-refractivity contribution in [2.75, 3.05) is 7.11 Å². The molecule has 3 heteroatoms. The first-order valence-corrected chi connectivity index (χ1v) is 16.9. The largest absolute Gasteiger partial charge is 0.497 e. The van der Waals surface area contributed by atoms with Crippen LogP contribution < -0.4 is 20.3 Å². The van der Waals surface area contributed by atoms with Crippen molar-refractivity contribution in [2.24, 2.45) is 0 Å². The van der Waals surface area contributed by atoms with E-state index in [2.05, 4.69) is 97.1 Å². The van der Waals surface area contributed by atoms with E-state index in [0.717, 1.165) is 6.42 Å². The lowest BCUT2D eigenvalue weighted by atomic mass is 10.1. The molecule has 0 aromatic heterocycles. The molecule has 0 heterocycles. The fourth-order valence-corrected chi connectivity index (χ4v) is 12.1. The third-order valence-electron chi connectivity index (χ3n) is 8.04. The van der Waals surface area contributed by atoms with E-state index in [1.807, 2.05) is 7.11 Å². The summed E-state index contributed by atoms with van der Waals surface area (Å²) in [5.41, 5.74) is 4.36. The predicted octanol–water partition coefficient (Wildman–Crippen LogP) is 5.89. The molecule has 162 valence electrons. The maximum Gasteiger partial charge on any atom is 0.123 e. The minimum Gasteiger partial charge on any atom is -0.497 e. The van der Waals surface area contributed by atoms with Gasteiger partial charge in [-0.2, -0.15) is 0 Å². The van der Waals surface area contributed by atoms with E-state index < -0.39 is 16.1 Å². The summed E-state index contributed by atoms with van der Waals surface area (Å²) in [5, 5.41) is 4.88. The van der Waals surface area contributed by atoms with Crippen molar-refractivity contribution < 1.29 is 4.74 Å². The van der Waals surface area contributed by atoms with Crippen LogP contribution in [0.3, 0.4) is 0 Å². The van der Waals surface area contributed by atoms with Crippen LogP contribution in [0.4, 0.5) is 0 Å². The summed E-state index contributed by atoms with van der Waals surface area (Å²) >= 11 is 0. The first-order chi connectivity index (χ1) is 14.0. The molecule has 0 N–H and O–H groups in total. The zero-order chi connectivity index (χ0) is 22.3. The Morgan fingerprint density at radius 2 is 1.60 bits per heavy atom. The molecule has 0 unspecified atom stereocenters. The maximum atomic E-state index is 6.31. The number of hydrogen-bond acceptors (Lipinski definition) is 1. The summed E-state index contributed by atoms with van der Waals surface area (Å²) in [7, 11) is -1.83. The van der Waals surface area contributed by atoms with E-state index in [0.29, 0.717) is 0 Å². The van der Waals surface area contributed by atoms with E-state index in [9.17, 15) is 0 Å². The summed E-state index contributed by atoms with van der Waals surface area (Å²) in [6.07, 6.45) is 5.77. The fourth-order valence-electron chi connectivity index (χ4n) is 5.08. The molecule has 0 saturated carbocycles. The van der Waals surface area contributed by atoms with E-state index in [4.69, 9.17) is 4.74 Å². The Morgan fingerprint density at radius 3 is 2.17 bits per heavy atom. The highest BCUT2D eigenvalue weighted by atomic mass is 28.3. The smallest absolute Gasteiger partial charge is 0.123 e. The molecule has 0 amide bonds. The van der Waals surface area contributed by atoms with Gasteiger partial charge in [0.25, 0.3) is 0 Å². The van der Waals surface area contributed by atoms with Crippen molar-refractivity contribution in [3.8, 4) is 5.75 Å². The maximum absolute atomic E-state index is 6.31. The molecule has 0 saturated heterocycles. The van der Waals surface area contributed by atoms with Gasteiger partial charge in [0.15, 0.2) is 0 Å². The van der Waals surface area contributed by atoms with Gasteiger partial charge in [0, 0.05) is 0 Å². The standard InChI is InChI=1S/C27H40OSi2/c1-10-30(11-2,23-17-13-15-21-14-12-16-22(21)23)25-19-20(3)18-24(26(25)28-7)29(8,9)27(4,5)6/h12-13,15-19H,10-11,14H2,1-9H3. The van der Waals surface area contributed by atoms with Crippen molar-refractivity contribution in [3.05, 3.63) is 53.1 Å². The topological polar surface area (TPSA) is 9.23 Å². The molecule has 0 spiro atoms. The van der Waals surface area contributed by atoms with E-state index in [-0.39, 0.29) is 5.04 Å². The molecule has 0 fully saturated rings. The van der Waals surface area contributed by atoms with E-state index in [1.165, 1.54) is 44.9 Å². The first kappa shape index (κ1) is 23.1. The van der Waals surface area contributed by atoms with Crippen LogP contribution in [0, 0.1) is 6.92 Å². The minimum atomic E-state index is -1.97. The van der Waals surface area contributed by atoms with Crippen molar-refractivity contribution >= 4 is 37.8 Å². The monoisotopic (exact) mass is 436 g/mol. The Labute approximate surface area is 186 Å². The van der Waals surface area contributed by atoms with Gasteiger partial charge in [0.1, 0.15) is 13.8 Å². The first-order valence-electron chi connectivity index (χ1n) is 11.5. The lowest BCUT2D eigenvalue weighted by Gasteiger charge is -2.41. The number of benzene rings is 2. The summed E-state index contributed by atoms with van der Waals surface area (Å²) in [5.74, 6) is 1.20. The zero-order valence-corrected chi connectivity index (χ0v) is 22.6. The van der Waals surface area contributed by atoms with Crippen LogP contribution >= 0.6 is 0 Å². The van der Waals surface area contributed by atoms with Crippen molar-refractivity contribution in [3.63, 3.8) is 0 Å². The van der Waals surface area contributed by atoms with Gasteiger partial charge in [-0.1, -0.05) is 108 Å². The van der Waals surface area contributed by atoms with E-state index >= 15 is 0 Å². The third-order valence-corrected chi connectivity index (χ3v) is 18.8. The molecule has 2 aromatic carbocycles. The number of ether oxygens (including phenoxy) is 1. The van der Waals surface area contributed by atoms with Crippen LogP contribution in [0.15, 0.2) is 36.4 Å². The van der Waals surface area contributed by atoms with Gasteiger partial charge >= 0.3 is 0 Å². The molecule has 0 radical (unpaired) electrons. The Hall–Kier alpha value is -1.59. The number of allylic oxidation sites excluding steroid dienone is 1. The van der Waals surface area contributed by atoms with Gasteiger partial charge in [-0.05, 0) is 45.1 Å². The second-order valence-corrected chi connectivity index (χ2v) is 20.5. The second kappa shape index (κ2) is 8.16. The Kier molecular flexibility index (Phi) is 6.28. The predicted molar refractivity (Wildman–Crippen MR) is 140 cm³/mol. The molecule has 1 aliphatic rings. The molecule has 30 heavy (non-hydrogen) atoms. The average Bonchev–Trinajstić information content (AvgIpc) is 3.17. The van der Waals surface area contributed by atoms with Crippen LogP contribution in [0.5, 0.6) is 5.75 Å². The molecule has 0 aliphatic heterocycles. The van der Waals surface area contributed by atoms with Gasteiger partial charge in [-0.15, -0.1) is 0 Å². The highest BCUT2D eigenvalue weighted by Gasteiger charge is 2.44. The number of hydrogen-bond donors (Lipinski definition) is 0. The number of aryl methyl sites for hydroxylation is 1. The zero-order valence-electron chi connectivity index (χ0n) is 20.6. The van der Waals surface area contributed by atoms with Gasteiger partial charge in [0.05, 0.1) is 15.2 Å². The second-order valence-electron chi connectivity index (χ2n) is 10.5. The Bertz CT molecular complexity index is 960. The molecular weight excluding hydrogens is 396 g/mol. The van der Waals surface area contributed by atoms with Crippen molar-refractivity contribution in [2.45, 2.75) is 78.2 Å². The summed E-state index contributed by atoms with van der Waals surface area (Å²) < 4.78 is 6.31. The molecule has 3 rings (SSSR count).